The fraction of sp³-hybridized carbons (Fsp3) is 0.667. The molecule has 0 radical (unpaired) electrons. The molecule has 1 aromatic rings. The highest BCUT2D eigenvalue weighted by Gasteiger charge is 2.39. The topological polar surface area (TPSA) is 63.4 Å². The first kappa shape index (κ1) is 15.3. The molecule has 1 saturated heterocycles. The van der Waals surface area contributed by atoms with Gasteiger partial charge in [-0.15, -0.1) is 11.3 Å². The Labute approximate surface area is 123 Å². The van der Waals surface area contributed by atoms with Crippen molar-refractivity contribution in [3.63, 3.8) is 0 Å². The van der Waals surface area contributed by atoms with Crippen LogP contribution in [0.2, 0.25) is 4.34 Å². The minimum atomic E-state index is -2.87. The average molecular weight is 323 g/mol. The first-order valence-electron chi connectivity index (χ1n) is 6.23. The van der Waals surface area contributed by atoms with Gasteiger partial charge < -0.3 is 5.73 Å². The van der Waals surface area contributed by atoms with Crippen molar-refractivity contribution in [1.82, 2.24) is 4.90 Å². The van der Waals surface area contributed by atoms with E-state index >= 15 is 0 Å². The number of halogens is 1. The predicted octanol–water partition coefficient (Wildman–Crippen LogP) is 1.74. The molecule has 0 aliphatic carbocycles. The first-order chi connectivity index (χ1) is 8.87. The Morgan fingerprint density at radius 2 is 2.05 bits per heavy atom. The molecule has 1 aliphatic rings. The highest BCUT2D eigenvalue weighted by atomic mass is 35.5. The van der Waals surface area contributed by atoms with Gasteiger partial charge in [0, 0.05) is 23.5 Å². The summed E-state index contributed by atoms with van der Waals surface area (Å²) in [5, 5.41) is 0. The van der Waals surface area contributed by atoms with Gasteiger partial charge in [-0.05, 0) is 32.0 Å². The van der Waals surface area contributed by atoms with Crippen LogP contribution >= 0.6 is 22.9 Å². The van der Waals surface area contributed by atoms with Gasteiger partial charge in [0.25, 0.3) is 0 Å². The van der Waals surface area contributed by atoms with Gasteiger partial charge in [0.2, 0.25) is 0 Å². The Morgan fingerprint density at radius 1 is 1.42 bits per heavy atom. The summed E-state index contributed by atoms with van der Waals surface area (Å²) < 4.78 is 23.9. The van der Waals surface area contributed by atoms with Crippen LogP contribution < -0.4 is 5.73 Å². The van der Waals surface area contributed by atoms with Gasteiger partial charge in [-0.25, -0.2) is 8.42 Å². The lowest BCUT2D eigenvalue weighted by Gasteiger charge is -2.43. The second kappa shape index (κ2) is 5.69. The minimum absolute atomic E-state index is 0.207. The smallest absolute Gasteiger partial charge is 0.150 e. The molecule has 0 spiro atoms. The Morgan fingerprint density at radius 3 is 2.53 bits per heavy atom. The van der Waals surface area contributed by atoms with Crippen molar-refractivity contribution in [2.45, 2.75) is 24.9 Å². The van der Waals surface area contributed by atoms with Crippen molar-refractivity contribution >= 4 is 32.8 Å². The normalized spacial score (nSPS) is 21.7. The number of nitrogens with zero attached hydrogens (tertiary/aromatic N) is 1. The van der Waals surface area contributed by atoms with Crippen LogP contribution in [-0.4, -0.2) is 44.0 Å². The van der Waals surface area contributed by atoms with E-state index in [0.29, 0.717) is 19.4 Å². The largest absolute Gasteiger partial charge is 0.329 e. The van der Waals surface area contributed by atoms with Gasteiger partial charge >= 0.3 is 0 Å². The molecule has 19 heavy (non-hydrogen) atoms. The summed E-state index contributed by atoms with van der Waals surface area (Å²) in [6.45, 7) is 1.24. The summed E-state index contributed by atoms with van der Waals surface area (Å²) in [5.41, 5.74) is 5.72. The van der Waals surface area contributed by atoms with E-state index in [1.807, 2.05) is 19.2 Å². The molecule has 1 aromatic heterocycles. The number of nitrogens with two attached hydrogens (primary N) is 1. The van der Waals surface area contributed by atoms with Gasteiger partial charge in [-0.3, -0.25) is 4.90 Å². The fourth-order valence-corrected chi connectivity index (χ4v) is 5.23. The molecule has 0 bridgehead atoms. The lowest BCUT2D eigenvalue weighted by Crippen LogP contribution is -2.55. The lowest BCUT2D eigenvalue weighted by molar-refractivity contribution is 0.107. The monoisotopic (exact) mass is 322 g/mol. The van der Waals surface area contributed by atoms with Crippen molar-refractivity contribution in [2.75, 3.05) is 25.1 Å². The molecule has 2 heterocycles. The maximum Gasteiger partial charge on any atom is 0.150 e. The van der Waals surface area contributed by atoms with E-state index in [1.165, 1.54) is 4.88 Å². The second-order valence-corrected chi connectivity index (χ2v) is 9.25. The third kappa shape index (κ3) is 3.49. The van der Waals surface area contributed by atoms with Crippen LogP contribution in [0.4, 0.5) is 0 Å². The molecule has 0 atom stereocenters. The van der Waals surface area contributed by atoms with Crippen LogP contribution in [0.5, 0.6) is 0 Å². The lowest BCUT2D eigenvalue weighted by atomic mass is 9.90. The Balaban J connectivity index is 2.09. The van der Waals surface area contributed by atoms with Gasteiger partial charge in [0.1, 0.15) is 9.84 Å². The van der Waals surface area contributed by atoms with Gasteiger partial charge in [-0.2, -0.15) is 0 Å². The standard InChI is InChI=1S/C12H19ClN2O2S2/c1-15(8-10-2-3-11(13)18-10)12(9-14)4-6-19(16,17)7-5-12/h2-3H,4-9,14H2,1H3. The number of hydrogen-bond acceptors (Lipinski definition) is 5. The highest BCUT2D eigenvalue weighted by molar-refractivity contribution is 7.91. The van der Waals surface area contributed by atoms with E-state index in [4.69, 9.17) is 17.3 Å². The van der Waals surface area contributed by atoms with Crippen LogP contribution in [0.15, 0.2) is 12.1 Å². The summed E-state index contributed by atoms with van der Waals surface area (Å²) in [7, 11) is -0.855. The second-order valence-electron chi connectivity index (χ2n) is 5.14. The van der Waals surface area contributed by atoms with E-state index < -0.39 is 9.84 Å². The van der Waals surface area contributed by atoms with E-state index in [-0.39, 0.29) is 17.0 Å². The summed E-state index contributed by atoms with van der Waals surface area (Å²) in [6.07, 6.45) is 1.23. The van der Waals surface area contributed by atoms with Crippen LogP contribution in [0.1, 0.15) is 17.7 Å². The number of likely N-dealkylation sites (N-methyl/N-ethyl adjacent to an activating group) is 1. The molecular weight excluding hydrogens is 304 g/mol. The van der Waals surface area contributed by atoms with Gasteiger partial charge in [0.15, 0.2) is 0 Å². The predicted molar refractivity (Wildman–Crippen MR) is 80.5 cm³/mol. The van der Waals surface area contributed by atoms with E-state index in [9.17, 15) is 8.42 Å². The summed E-state index contributed by atoms with van der Waals surface area (Å²) >= 11 is 7.49. The van der Waals surface area contributed by atoms with Crippen LogP contribution in [0, 0.1) is 0 Å². The Kier molecular flexibility index (Phi) is 4.57. The van der Waals surface area contributed by atoms with Crippen molar-refractivity contribution in [1.29, 1.82) is 0 Å². The van der Waals surface area contributed by atoms with Crippen LogP contribution in [0.3, 0.4) is 0 Å². The summed E-state index contributed by atoms with van der Waals surface area (Å²) in [6, 6.07) is 3.89. The molecule has 0 aromatic carbocycles. The zero-order valence-electron chi connectivity index (χ0n) is 10.9. The molecule has 7 heteroatoms. The van der Waals surface area contributed by atoms with Crippen molar-refractivity contribution < 1.29 is 8.42 Å². The summed E-state index contributed by atoms with van der Waals surface area (Å²) in [5.74, 6) is 0.472. The van der Waals surface area contributed by atoms with Crippen molar-refractivity contribution in [2.24, 2.45) is 5.73 Å². The van der Waals surface area contributed by atoms with Crippen molar-refractivity contribution in [3.05, 3.63) is 21.3 Å². The minimum Gasteiger partial charge on any atom is -0.329 e. The number of rotatable bonds is 4. The molecule has 0 unspecified atom stereocenters. The quantitative estimate of drug-likeness (QED) is 0.917. The molecule has 2 N–H and O–H groups in total. The molecule has 1 aliphatic heterocycles. The number of thiophene rings is 1. The number of sulfone groups is 1. The van der Waals surface area contributed by atoms with Gasteiger partial charge in [-0.1, -0.05) is 11.6 Å². The third-order valence-corrected chi connectivity index (χ3v) is 6.84. The van der Waals surface area contributed by atoms with E-state index in [1.54, 1.807) is 11.3 Å². The highest BCUT2D eigenvalue weighted by Crippen LogP contribution is 2.31. The maximum absolute atomic E-state index is 11.6. The fourth-order valence-electron chi connectivity index (χ4n) is 2.50. The average Bonchev–Trinajstić information content (AvgIpc) is 2.75. The Bertz CT molecular complexity index is 528. The SMILES string of the molecule is CN(Cc1ccc(Cl)s1)C1(CN)CCS(=O)(=O)CC1. The van der Waals surface area contributed by atoms with Crippen LogP contribution in [-0.2, 0) is 16.4 Å². The Hall–Kier alpha value is -0.140. The van der Waals surface area contributed by atoms with Gasteiger partial charge in [0.05, 0.1) is 15.8 Å². The van der Waals surface area contributed by atoms with Crippen molar-refractivity contribution in [3.8, 4) is 0 Å². The molecular formula is C12H19ClN2O2S2. The first-order valence-corrected chi connectivity index (χ1v) is 9.24. The molecule has 0 amide bonds. The third-order valence-electron chi connectivity index (χ3n) is 3.97. The van der Waals surface area contributed by atoms with E-state index in [0.717, 1.165) is 10.9 Å². The molecule has 0 saturated carbocycles. The molecule has 108 valence electrons. The number of hydrogen-bond donors (Lipinski definition) is 1. The van der Waals surface area contributed by atoms with E-state index in [2.05, 4.69) is 4.90 Å². The zero-order valence-corrected chi connectivity index (χ0v) is 13.3. The maximum atomic E-state index is 11.6. The summed E-state index contributed by atoms with van der Waals surface area (Å²) in [4.78, 5) is 3.36. The molecule has 4 nitrogen and oxygen atoms in total. The zero-order chi connectivity index (χ0) is 14.1. The molecule has 2 rings (SSSR count). The molecule has 1 fully saturated rings. The van der Waals surface area contributed by atoms with Crippen LogP contribution in [0.25, 0.3) is 0 Å².